The first-order valence-corrected chi connectivity index (χ1v) is 11.1. The number of hydrogen-bond acceptors (Lipinski definition) is 6. The topological polar surface area (TPSA) is 98.9 Å². The maximum Gasteiger partial charge on any atom is 0.332 e. The van der Waals surface area contributed by atoms with E-state index in [1.54, 1.807) is 12.1 Å². The fourth-order valence-corrected chi connectivity index (χ4v) is 3.87. The molecule has 2 heterocycles. The van der Waals surface area contributed by atoms with Gasteiger partial charge in [-0.1, -0.05) is 57.7 Å². The van der Waals surface area contributed by atoms with Gasteiger partial charge in [-0.3, -0.25) is 18.7 Å². The Labute approximate surface area is 184 Å². The Morgan fingerprint density at radius 1 is 1.13 bits per heavy atom. The van der Waals surface area contributed by atoms with Gasteiger partial charge in [0.1, 0.15) is 16.2 Å². The number of fused-ring (bicyclic) bond motifs is 1. The van der Waals surface area contributed by atoms with Gasteiger partial charge in [0.25, 0.3) is 5.56 Å². The molecule has 9 heteroatoms. The molecule has 0 atom stereocenters. The van der Waals surface area contributed by atoms with Crippen LogP contribution in [0.1, 0.15) is 39.9 Å². The van der Waals surface area contributed by atoms with E-state index in [9.17, 15) is 14.4 Å². The standard InChI is InChI=1S/C22H27N5O3S/c1-6-12-27-17-16(19(29)26(5)21(27)30)18(25-20(24-17)22(2,3)4)31-13-15(28)23-14-10-8-7-9-11-14/h7-11H,6,12-13H2,1-5H3,(H,23,28). The van der Waals surface area contributed by atoms with E-state index >= 15 is 0 Å². The van der Waals surface area contributed by atoms with Crippen molar-refractivity contribution >= 4 is 34.4 Å². The van der Waals surface area contributed by atoms with Crippen LogP contribution in [0.5, 0.6) is 0 Å². The second kappa shape index (κ2) is 9.05. The highest BCUT2D eigenvalue weighted by molar-refractivity contribution is 8.00. The van der Waals surface area contributed by atoms with Crippen LogP contribution in [0.3, 0.4) is 0 Å². The lowest BCUT2D eigenvalue weighted by atomic mass is 9.96. The van der Waals surface area contributed by atoms with E-state index < -0.39 is 16.7 Å². The summed E-state index contributed by atoms with van der Waals surface area (Å²) in [7, 11) is 1.45. The molecule has 0 saturated heterocycles. The molecule has 1 N–H and O–H groups in total. The van der Waals surface area contributed by atoms with Crippen LogP contribution in [-0.2, 0) is 23.8 Å². The second-order valence-corrected chi connectivity index (χ2v) is 9.27. The zero-order valence-electron chi connectivity index (χ0n) is 18.4. The maximum atomic E-state index is 13.0. The summed E-state index contributed by atoms with van der Waals surface area (Å²) in [5.74, 6) is 0.378. The van der Waals surface area contributed by atoms with E-state index in [0.717, 1.165) is 4.57 Å². The minimum Gasteiger partial charge on any atom is -0.325 e. The van der Waals surface area contributed by atoms with Gasteiger partial charge >= 0.3 is 5.69 Å². The minimum absolute atomic E-state index is 0.0701. The lowest BCUT2D eigenvalue weighted by Crippen LogP contribution is -2.39. The Bertz CT molecular complexity index is 1230. The molecule has 0 radical (unpaired) electrons. The van der Waals surface area contributed by atoms with Crippen molar-refractivity contribution in [3.8, 4) is 0 Å². The van der Waals surface area contributed by atoms with Gasteiger partial charge in [-0.05, 0) is 18.6 Å². The summed E-state index contributed by atoms with van der Waals surface area (Å²) in [5.41, 5.74) is -0.247. The van der Waals surface area contributed by atoms with E-state index in [1.165, 1.54) is 23.4 Å². The number of rotatable bonds is 6. The van der Waals surface area contributed by atoms with E-state index in [1.807, 2.05) is 45.9 Å². The highest BCUT2D eigenvalue weighted by atomic mass is 32.2. The Morgan fingerprint density at radius 3 is 2.42 bits per heavy atom. The number of hydrogen-bond donors (Lipinski definition) is 1. The van der Waals surface area contributed by atoms with Gasteiger partial charge in [0.2, 0.25) is 5.91 Å². The van der Waals surface area contributed by atoms with Crippen molar-refractivity contribution in [1.29, 1.82) is 0 Å². The first kappa shape index (κ1) is 22.7. The summed E-state index contributed by atoms with van der Waals surface area (Å²) in [6, 6.07) is 9.16. The molecule has 0 bridgehead atoms. The van der Waals surface area contributed by atoms with Crippen molar-refractivity contribution in [3.63, 3.8) is 0 Å². The average molecular weight is 442 g/mol. The first-order valence-electron chi connectivity index (χ1n) is 10.1. The molecule has 1 aromatic carbocycles. The van der Waals surface area contributed by atoms with Crippen LogP contribution in [-0.4, -0.2) is 30.8 Å². The molecule has 0 fully saturated rings. The molecule has 3 aromatic rings. The summed E-state index contributed by atoms with van der Waals surface area (Å²) in [6.07, 6.45) is 0.712. The molecule has 0 aliphatic rings. The van der Waals surface area contributed by atoms with Gasteiger partial charge in [-0.25, -0.2) is 14.8 Å². The second-order valence-electron chi connectivity index (χ2n) is 8.30. The number of aromatic nitrogens is 4. The van der Waals surface area contributed by atoms with Gasteiger partial charge in [-0.15, -0.1) is 0 Å². The van der Waals surface area contributed by atoms with E-state index in [4.69, 9.17) is 0 Å². The maximum absolute atomic E-state index is 13.0. The zero-order valence-corrected chi connectivity index (χ0v) is 19.2. The van der Waals surface area contributed by atoms with Crippen LogP contribution in [0.2, 0.25) is 0 Å². The SMILES string of the molecule is CCCn1c(=O)n(C)c(=O)c2c(SCC(=O)Nc3ccccc3)nc(C(C)(C)C)nc21. The fourth-order valence-electron chi connectivity index (χ4n) is 3.06. The first-order chi connectivity index (χ1) is 14.6. The monoisotopic (exact) mass is 441 g/mol. The van der Waals surface area contributed by atoms with E-state index in [2.05, 4.69) is 15.3 Å². The number of carbonyl (C=O) groups is 1. The average Bonchev–Trinajstić information content (AvgIpc) is 2.73. The largest absolute Gasteiger partial charge is 0.332 e. The number of benzene rings is 1. The smallest absolute Gasteiger partial charge is 0.325 e. The lowest BCUT2D eigenvalue weighted by molar-refractivity contribution is -0.113. The Morgan fingerprint density at radius 2 is 1.81 bits per heavy atom. The molecule has 0 unspecified atom stereocenters. The van der Waals surface area contributed by atoms with Crippen LogP contribution >= 0.6 is 11.8 Å². The molecular formula is C22H27N5O3S. The molecule has 0 saturated carbocycles. The van der Waals surface area contributed by atoms with Crippen molar-refractivity contribution in [2.24, 2.45) is 7.05 Å². The summed E-state index contributed by atoms with van der Waals surface area (Å²) < 4.78 is 2.59. The predicted molar refractivity (Wildman–Crippen MR) is 124 cm³/mol. The van der Waals surface area contributed by atoms with Gasteiger partial charge in [0.05, 0.1) is 5.75 Å². The molecule has 0 aliphatic heterocycles. The van der Waals surface area contributed by atoms with Crippen molar-refractivity contribution in [1.82, 2.24) is 19.1 Å². The highest BCUT2D eigenvalue weighted by Crippen LogP contribution is 2.27. The summed E-state index contributed by atoms with van der Waals surface area (Å²) in [5, 5.41) is 3.50. The Balaban J connectivity index is 2.09. The summed E-state index contributed by atoms with van der Waals surface area (Å²) >= 11 is 1.17. The minimum atomic E-state index is -0.459. The molecule has 2 aromatic heterocycles. The third kappa shape index (κ3) is 4.87. The van der Waals surface area contributed by atoms with Crippen LogP contribution < -0.4 is 16.6 Å². The molecule has 1 amide bonds. The van der Waals surface area contributed by atoms with Gasteiger partial charge in [0, 0.05) is 24.7 Å². The summed E-state index contributed by atoms with van der Waals surface area (Å²) in [6.45, 7) is 8.29. The fraction of sp³-hybridized carbons (Fsp3) is 0.409. The molecule has 3 rings (SSSR count). The number of nitrogens with zero attached hydrogens (tertiary/aromatic N) is 4. The zero-order chi connectivity index (χ0) is 22.8. The van der Waals surface area contributed by atoms with Crippen molar-refractivity contribution in [2.75, 3.05) is 11.1 Å². The molecule has 8 nitrogen and oxygen atoms in total. The van der Waals surface area contributed by atoms with Crippen LogP contribution in [0.15, 0.2) is 44.9 Å². The predicted octanol–water partition coefficient (Wildman–Crippen LogP) is 2.93. The third-order valence-electron chi connectivity index (χ3n) is 4.66. The van der Waals surface area contributed by atoms with Gasteiger partial charge in [-0.2, -0.15) is 0 Å². The van der Waals surface area contributed by atoms with Crippen molar-refractivity contribution < 1.29 is 4.79 Å². The summed E-state index contributed by atoms with van der Waals surface area (Å²) in [4.78, 5) is 47.4. The number of nitrogens with one attached hydrogen (secondary N) is 1. The third-order valence-corrected chi connectivity index (χ3v) is 5.64. The molecule has 31 heavy (non-hydrogen) atoms. The number of carbonyl (C=O) groups excluding carboxylic acids is 1. The molecule has 0 aliphatic carbocycles. The number of amides is 1. The number of para-hydroxylation sites is 1. The Hall–Kier alpha value is -2.94. The van der Waals surface area contributed by atoms with E-state index in [-0.39, 0.29) is 17.0 Å². The Kier molecular flexibility index (Phi) is 6.64. The molecule has 0 spiro atoms. The molecular weight excluding hydrogens is 414 g/mol. The van der Waals surface area contributed by atoms with Gasteiger partial charge in [0.15, 0.2) is 5.65 Å². The van der Waals surface area contributed by atoms with Crippen LogP contribution in [0.4, 0.5) is 5.69 Å². The van der Waals surface area contributed by atoms with E-state index in [0.29, 0.717) is 35.2 Å². The van der Waals surface area contributed by atoms with Crippen LogP contribution in [0, 0.1) is 0 Å². The number of anilines is 1. The highest BCUT2D eigenvalue weighted by Gasteiger charge is 2.24. The van der Waals surface area contributed by atoms with Crippen LogP contribution in [0.25, 0.3) is 11.0 Å². The van der Waals surface area contributed by atoms with Crippen molar-refractivity contribution in [2.45, 2.75) is 51.1 Å². The normalized spacial score (nSPS) is 11.6. The van der Waals surface area contributed by atoms with Gasteiger partial charge < -0.3 is 5.32 Å². The quantitative estimate of drug-likeness (QED) is 0.466. The molecule has 164 valence electrons. The number of thioether (sulfide) groups is 1. The van der Waals surface area contributed by atoms with Crippen molar-refractivity contribution in [3.05, 3.63) is 57.0 Å². The lowest BCUT2D eigenvalue weighted by Gasteiger charge is -2.20. The number of aryl methyl sites for hydroxylation is 1.